The lowest BCUT2D eigenvalue weighted by atomic mass is 10.1. The van der Waals surface area contributed by atoms with Gasteiger partial charge in [0.25, 0.3) is 0 Å². The van der Waals surface area contributed by atoms with Gasteiger partial charge in [-0.2, -0.15) is 0 Å². The third-order valence-electron chi connectivity index (χ3n) is 3.40. The van der Waals surface area contributed by atoms with Gasteiger partial charge >= 0.3 is 5.97 Å². The van der Waals surface area contributed by atoms with Crippen LogP contribution in [0, 0.1) is 0 Å². The molecule has 0 fully saturated rings. The van der Waals surface area contributed by atoms with Crippen molar-refractivity contribution < 1.29 is 24.2 Å². The number of nitrogens with zero attached hydrogens (tertiary/aromatic N) is 1. The third-order valence-corrected chi connectivity index (χ3v) is 3.40. The molecule has 0 aliphatic heterocycles. The van der Waals surface area contributed by atoms with Gasteiger partial charge < -0.3 is 19.9 Å². The number of ether oxygens (including phenoxy) is 2. The number of aromatic nitrogens is 1. The molecule has 0 bridgehead atoms. The van der Waals surface area contributed by atoms with Crippen molar-refractivity contribution in [1.29, 1.82) is 0 Å². The predicted octanol–water partition coefficient (Wildman–Crippen LogP) is 4.01. The van der Waals surface area contributed by atoms with Crippen LogP contribution in [-0.2, 0) is 4.79 Å². The molecular weight excluding hydrogens is 360 g/mol. The Morgan fingerprint density at radius 1 is 1.07 bits per heavy atom. The SMILES string of the molecule is CC(C)Oc1ccc(/C=C/C(=O)Nc2ncccc2C(=O)O)cc1OC(C)C. The largest absolute Gasteiger partial charge is 0.487 e. The van der Waals surface area contributed by atoms with E-state index < -0.39 is 11.9 Å². The Kier molecular flexibility index (Phi) is 7.14. The zero-order valence-electron chi connectivity index (χ0n) is 16.3. The van der Waals surface area contributed by atoms with E-state index in [0.29, 0.717) is 11.5 Å². The molecule has 7 nitrogen and oxygen atoms in total. The quantitative estimate of drug-likeness (QED) is 0.668. The summed E-state index contributed by atoms with van der Waals surface area (Å²) < 4.78 is 11.5. The van der Waals surface area contributed by atoms with Crippen molar-refractivity contribution in [3.05, 3.63) is 53.7 Å². The summed E-state index contributed by atoms with van der Waals surface area (Å²) in [4.78, 5) is 27.2. The number of carbonyl (C=O) groups is 2. The summed E-state index contributed by atoms with van der Waals surface area (Å²) in [5.74, 6) is -0.443. The first kappa shape index (κ1) is 21.0. The molecule has 0 spiro atoms. The van der Waals surface area contributed by atoms with Crippen LogP contribution in [0.3, 0.4) is 0 Å². The second-order valence-electron chi connectivity index (χ2n) is 6.57. The van der Waals surface area contributed by atoms with E-state index in [-0.39, 0.29) is 23.6 Å². The summed E-state index contributed by atoms with van der Waals surface area (Å²) in [6.45, 7) is 7.70. The van der Waals surface area contributed by atoms with Crippen molar-refractivity contribution in [2.24, 2.45) is 0 Å². The number of hydrogen-bond donors (Lipinski definition) is 2. The lowest BCUT2D eigenvalue weighted by Gasteiger charge is -2.17. The van der Waals surface area contributed by atoms with Crippen LogP contribution in [0.5, 0.6) is 11.5 Å². The van der Waals surface area contributed by atoms with Gasteiger partial charge in [0.1, 0.15) is 11.4 Å². The zero-order valence-corrected chi connectivity index (χ0v) is 16.3. The van der Waals surface area contributed by atoms with Gasteiger partial charge in [-0.15, -0.1) is 0 Å². The first-order chi connectivity index (χ1) is 13.3. The number of anilines is 1. The Morgan fingerprint density at radius 2 is 1.75 bits per heavy atom. The Morgan fingerprint density at radius 3 is 2.39 bits per heavy atom. The van der Waals surface area contributed by atoms with Crippen molar-refractivity contribution in [2.75, 3.05) is 5.32 Å². The molecule has 0 aliphatic carbocycles. The van der Waals surface area contributed by atoms with Crippen molar-refractivity contribution in [2.45, 2.75) is 39.9 Å². The fourth-order valence-corrected chi connectivity index (χ4v) is 2.33. The second kappa shape index (κ2) is 9.55. The fraction of sp³-hybridized carbons (Fsp3) is 0.286. The molecule has 1 heterocycles. The van der Waals surface area contributed by atoms with Crippen molar-refractivity contribution in [1.82, 2.24) is 4.98 Å². The molecule has 0 aliphatic rings. The van der Waals surface area contributed by atoms with Crippen LogP contribution in [-0.4, -0.2) is 34.2 Å². The van der Waals surface area contributed by atoms with Gasteiger partial charge in [0.15, 0.2) is 11.5 Å². The molecule has 1 amide bonds. The number of aromatic carboxylic acids is 1. The summed E-state index contributed by atoms with van der Waals surface area (Å²) in [5, 5.41) is 11.6. The molecule has 28 heavy (non-hydrogen) atoms. The van der Waals surface area contributed by atoms with Gasteiger partial charge in [0, 0.05) is 12.3 Å². The van der Waals surface area contributed by atoms with E-state index in [2.05, 4.69) is 10.3 Å². The van der Waals surface area contributed by atoms with Crippen LogP contribution in [0.2, 0.25) is 0 Å². The summed E-state index contributed by atoms with van der Waals surface area (Å²) in [7, 11) is 0. The average molecular weight is 384 g/mol. The maximum Gasteiger partial charge on any atom is 0.339 e. The molecule has 7 heteroatoms. The molecule has 0 atom stereocenters. The van der Waals surface area contributed by atoms with E-state index in [1.54, 1.807) is 24.3 Å². The first-order valence-corrected chi connectivity index (χ1v) is 8.91. The van der Waals surface area contributed by atoms with Gasteiger partial charge in [-0.1, -0.05) is 6.07 Å². The van der Waals surface area contributed by atoms with Crippen LogP contribution in [0.15, 0.2) is 42.6 Å². The van der Waals surface area contributed by atoms with E-state index >= 15 is 0 Å². The monoisotopic (exact) mass is 384 g/mol. The number of pyridine rings is 1. The van der Waals surface area contributed by atoms with Gasteiger partial charge in [-0.3, -0.25) is 4.79 Å². The van der Waals surface area contributed by atoms with E-state index in [4.69, 9.17) is 14.6 Å². The highest BCUT2D eigenvalue weighted by molar-refractivity contribution is 6.05. The standard InChI is InChI=1S/C21H24N2O5/c1-13(2)27-17-9-7-15(12-18(17)28-14(3)4)8-10-19(24)23-20-16(21(25)26)6-5-11-22-20/h5-14H,1-4H3,(H,25,26)(H,22,23,24)/b10-8+. The fourth-order valence-electron chi connectivity index (χ4n) is 2.33. The van der Waals surface area contributed by atoms with Crippen molar-refractivity contribution >= 4 is 23.8 Å². The molecule has 0 unspecified atom stereocenters. The Balaban J connectivity index is 2.16. The normalized spacial score (nSPS) is 11.1. The summed E-state index contributed by atoms with van der Waals surface area (Å²) in [6, 6.07) is 8.24. The number of nitrogens with one attached hydrogen (secondary N) is 1. The number of benzene rings is 1. The molecular formula is C21H24N2O5. The smallest absolute Gasteiger partial charge is 0.339 e. The van der Waals surface area contributed by atoms with E-state index in [1.807, 2.05) is 27.7 Å². The Labute approximate surface area is 164 Å². The van der Waals surface area contributed by atoms with Gasteiger partial charge in [-0.05, 0) is 63.6 Å². The number of carboxylic acid groups (broad SMARTS) is 1. The predicted molar refractivity (Wildman–Crippen MR) is 107 cm³/mol. The highest BCUT2D eigenvalue weighted by atomic mass is 16.5. The highest BCUT2D eigenvalue weighted by Crippen LogP contribution is 2.30. The number of amides is 1. The molecule has 1 aromatic carbocycles. The van der Waals surface area contributed by atoms with Gasteiger partial charge in [-0.25, -0.2) is 9.78 Å². The van der Waals surface area contributed by atoms with Crippen LogP contribution < -0.4 is 14.8 Å². The third kappa shape index (κ3) is 6.12. The lowest BCUT2D eigenvalue weighted by Crippen LogP contribution is -2.13. The Bertz CT molecular complexity index is 875. The minimum absolute atomic E-state index is 0.00323. The summed E-state index contributed by atoms with van der Waals surface area (Å²) >= 11 is 0. The molecule has 148 valence electrons. The summed E-state index contributed by atoms with van der Waals surface area (Å²) in [6.07, 6.45) is 4.29. The summed E-state index contributed by atoms with van der Waals surface area (Å²) in [5.41, 5.74) is 0.661. The minimum atomic E-state index is -1.16. The van der Waals surface area contributed by atoms with Crippen LogP contribution in [0.4, 0.5) is 5.82 Å². The molecule has 2 N–H and O–H groups in total. The second-order valence-corrected chi connectivity index (χ2v) is 6.57. The van der Waals surface area contributed by atoms with Crippen LogP contribution >= 0.6 is 0 Å². The number of carbonyl (C=O) groups excluding carboxylic acids is 1. The van der Waals surface area contributed by atoms with Gasteiger partial charge in [0.2, 0.25) is 5.91 Å². The van der Waals surface area contributed by atoms with Crippen molar-refractivity contribution in [3.8, 4) is 11.5 Å². The number of rotatable bonds is 8. The maximum atomic E-state index is 12.1. The highest BCUT2D eigenvalue weighted by Gasteiger charge is 2.12. The van der Waals surface area contributed by atoms with Crippen LogP contribution in [0.25, 0.3) is 6.08 Å². The molecule has 2 aromatic rings. The van der Waals surface area contributed by atoms with Crippen molar-refractivity contribution in [3.63, 3.8) is 0 Å². The molecule has 1 aromatic heterocycles. The molecule has 2 rings (SSSR count). The number of hydrogen-bond acceptors (Lipinski definition) is 5. The topological polar surface area (TPSA) is 97.8 Å². The van der Waals surface area contributed by atoms with Crippen LogP contribution in [0.1, 0.15) is 43.6 Å². The maximum absolute atomic E-state index is 12.1. The first-order valence-electron chi connectivity index (χ1n) is 8.91. The van der Waals surface area contributed by atoms with E-state index in [9.17, 15) is 9.59 Å². The minimum Gasteiger partial charge on any atom is -0.487 e. The molecule has 0 saturated carbocycles. The average Bonchev–Trinajstić information content (AvgIpc) is 2.61. The van der Waals surface area contributed by atoms with Gasteiger partial charge in [0.05, 0.1) is 12.2 Å². The Hall–Kier alpha value is -3.35. The lowest BCUT2D eigenvalue weighted by molar-refractivity contribution is -0.111. The molecule has 0 saturated heterocycles. The zero-order chi connectivity index (χ0) is 20.7. The van der Waals surface area contributed by atoms with E-state index in [0.717, 1.165) is 5.56 Å². The number of carboxylic acids is 1. The van der Waals surface area contributed by atoms with E-state index in [1.165, 1.54) is 24.4 Å². The molecule has 0 radical (unpaired) electrons.